The van der Waals surface area contributed by atoms with E-state index in [1.54, 1.807) is 0 Å². The van der Waals surface area contributed by atoms with E-state index < -0.39 is 21.6 Å². The van der Waals surface area contributed by atoms with E-state index in [1.807, 2.05) is 27.7 Å². The third-order valence-corrected chi connectivity index (χ3v) is 8.83. The molecule has 0 N–H and O–H groups in total. The van der Waals surface area contributed by atoms with Gasteiger partial charge in [0.05, 0.1) is 13.2 Å². The highest BCUT2D eigenvalue weighted by molar-refractivity contribution is 7.52. The molecule has 0 aliphatic heterocycles. The summed E-state index contributed by atoms with van der Waals surface area (Å²) in [5, 5.41) is -0.683. The Balaban J connectivity index is 5.32. The van der Waals surface area contributed by atoms with Crippen LogP contribution in [0.25, 0.3) is 0 Å². The lowest BCUT2D eigenvalue weighted by Gasteiger charge is -2.45. The molecule has 0 aromatic rings. The lowest BCUT2D eigenvalue weighted by Crippen LogP contribution is -2.55. The molecule has 0 spiro atoms. The van der Waals surface area contributed by atoms with Crippen molar-refractivity contribution < 1.29 is 18.5 Å². The Morgan fingerprint density at radius 3 is 1.39 bits per heavy atom. The van der Waals surface area contributed by atoms with Crippen LogP contribution in [0.4, 0.5) is 0 Å². The minimum atomic E-state index is -1.78. The first kappa shape index (κ1) is 18.5. The van der Waals surface area contributed by atoms with Gasteiger partial charge >= 0.3 is 0 Å². The minimum Gasteiger partial charge on any atom is -0.346 e. The predicted molar refractivity (Wildman–Crippen MR) is 79.5 cm³/mol. The van der Waals surface area contributed by atoms with Crippen LogP contribution in [0.1, 0.15) is 27.7 Å². The summed E-state index contributed by atoms with van der Waals surface area (Å²) in [6.07, 6.45) is 0. The Morgan fingerprint density at radius 1 is 0.778 bits per heavy atom. The molecule has 0 aliphatic rings. The van der Waals surface area contributed by atoms with Crippen molar-refractivity contribution in [2.24, 2.45) is 0 Å². The van der Waals surface area contributed by atoms with Crippen LogP contribution in [0.5, 0.6) is 0 Å². The minimum absolute atomic E-state index is 0.600. The van der Waals surface area contributed by atoms with Gasteiger partial charge in [-0.05, 0) is 27.7 Å². The summed E-state index contributed by atoms with van der Waals surface area (Å²) in [7, 11) is -2.97. The fraction of sp³-hybridized carbons (Fsp3) is 1.00. The standard InChI is InChI=1S/C12H29O4PSi/c1-8-13-12(14-9-2,18(5,6)7)17(15-10-3)16-11-4/h8-11H2,1-7H3. The molecule has 18 heavy (non-hydrogen) atoms. The van der Waals surface area contributed by atoms with E-state index in [-0.39, 0.29) is 0 Å². The van der Waals surface area contributed by atoms with Crippen LogP contribution >= 0.6 is 8.38 Å². The van der Waals surface area contributed by atoms with Gasteiger partial charge in [-0.3, -0.25) is 0 Å². The predicted octanol–water partition coefficient (Wildman–Crippen LogP) is 3.98. The van der Waals surface area contributed by atoms with Gasteiger partial charge in [-0.2, -0.15) is 0 Å². The molecule has 4 nitrogen and oxygen atoms in total. The van der Waals surface area contributed by atoms with Gasteiger partial charge in [0.15, 0.2) is 0 Å². The highest BCUT2D eigenvalue weighted by atomic mass is 31.2. The monoisotopic (exact) mass is 296 g/mol. The number of hydrogen-bond acceptors (Lipinski definition) is 4. The van der Waals surface area contributed by atoms with Crippen molar-refractivity contribution in [3.8, 4) is 0 Å². The van der Waals surface area contributed by atoms with Crippen LogP contribution in [0.3, 0.4) is 0 Å². The summed E-state index contributed by atoms with van der Waals surface area (Å²) < 4.78 is 23.7. The van der Waals surface area contributed by atoms with Gasteiger partial charge in [-0.1, -0.05) is 19.6 Å². The zero-order chi connectivity index (χ0) is 14.2. The van der Waals surface area contributed by atoms with E-state index in [1.165, 1.54) is 0 Å². The Morgan fingerprint density at radius 2 is 1.17 bits per heavy atom. The molecule has 0 aliphatic carbocycles. The third kappa shape index (κ3) is 4.55. The van der Waals surface area contributed by atoms with Crippen molar-refractivity contribution in [2.45, 2.75) is 52.5 Å². The molecule has 0 unspecified atom stereocenters. The first-order valence-electron chi connectivity index (χ1n) is 6.73. The summed E-state index contributed by atoms with van der Waals surface area (Å²) in [5.41, 5.74) is 0. The van der Waals surface area contributed by atoms with Gasteiger partial charge in [0, 0.05) is 13.2 Å². The maximum atomic E-state index is 6.02. The molecule has 0 radical (unpaired) electrons. The van der Waals surface area contributed by atoms with Crippen LogP contribution in [-0.2, 0) is 18.5 Å². The van der Waals surface area contributed by atoms with Crippen molar-refractivity contribution in [3.63, 3.8) is 0 Å². The summed E-state index contributed by atoms with van der Waals surface area (Å²) in [6, 6.07) is 0. The third-order valence-electron chi connectivity index (χ3n) is 2.36. The van der Waals surface area contributed by atoms with E-state index in [0.29, 0.717) is 26.4 Å². The summed E-state index contributed by atoms with van der Waals surface area (Å²) in [6.45, 7) is 17.0. The van der Waals surface area contributed by atoms with Crippen LogP contribution in [0, 0.1) is 0 Å². The topological polar surface area (TPSA) is 36.9 Å². The van der Waals surface area contributed by atoms with E-state index in [2.05, 4.69) is 19.6 Å². The fourth-order valence-electron chi connectivity index (χ4n) is 1.69. The Kier molecular flexibility index (Phi) is 8.85. The average Bonchev–Trinajstić information content (AvgIpc) is 2.27. The highest BCUT2D eigenvalue weighted by Gasteiger charge is 2.54. The Bertz CT molecular complexity index is 209. The zero-order valence-electron chi connectivity index (χ0n) is 12.9. The molecular formula is C12H29O4PSi. The molecule has 0 aromatic heterocycles. The molecule has 110 valence electrons. The normalized spacial score (nSPS) is 13.3. The lowest BCUT2D eigenvalue weighted by atomic mass is 10.8. The van der Waals surface area contributed by atoms with Gasteiger partial charge in [0.25, 0.3) is 0 Å². The van der Waals surface area contributed by atoms with Crippen molar-refractivity contribution in [2.75, 3.05) is 26.4 Å². The molecule has 0 fully saturated rings. The van der Waals surface area contributed by atoms with Crippen LogP contribution < -0.4 is 0 Å². The molecule has 0 atom stereocenters. The largest absolute Gasteiger partial charge is 0.346 e. The maximum absolute atomic E-state index is 6.02. The average molecular weight is 296 g/mol. The van der Waals surface area contributed by atoms with Crippen molar-refractivity contribution >= 4 is 16.4 Å². The van der Waals surface area contributed by atoms with E-state index in [0.717, 1.165) is 0 Å². The van der Waals surface area contributed by atoms with Crippen molar-refractivity contribution in [1.82, 2.24) is 0 Å². The number of ether oxygens (including phenoxy) is 2. The Hall–Kier alpha value is 0.487. The smallest absolute Gasteiger partial charge is 0.230 e. The zero-order valence-corrected chi connectivity index (χ0v) is 14.8. The molecule has 0 saturated carbocycles. The molecule has 0 bridgehead atoms. The van der Waals surface area contributed by atoms with Crippen molar-refractivity contribution in [3.05, 3.63) is 0 Å². The number of rotatable bonds is 10. The van der Waals surface area contributed by atoms with Crippen LogP contribution in [0.2, 0.25) is 19.6 Å². The molecule has 0 rings (SSSR count). The molecule has 0 amide bonds. The highest BCUT2D eigenvalue weighted by Crippen LogP contribution is 2.57. The van der Waals surface area contributed by atoms with E-state index >= 15 is 0 Å². The van der Waals surface area contributed by atoms with Crippen LogP contribution in [0.15, 0.2) is 0 Å². The second-order valence-corrected chi connectivity index (χ2v) is 12.0. The maximum Gasteiger partial charge on any atom is 0.230 e. The van der Waals surface area contributed by atoms with Gasteiger partial charge < -0.3 is 18.5 Å². The molecule has 6 heteroatoms. The first-order chi connectivity index (χ1) is 8.39. The van der Waals surface area contributed by atoms with Gasteiger partial charge in [0.2, 0.25) is 13.5 Å². The van der Waals surface area contributed by atoms with Gasteiger partial charge in [-0.15, -0.1) is 0 Å². The molecule has 0 saturated heterocycles. The molecule has 0 aromatic carbocycles. The quantitative estimate of drug-likeness (QED) is 0.347. The SMILES string of the molecule is CCOP(OCC)C(OCC)(OCC)[Si](C)(C)C. The second kappa shape index (κ2) is 8.62. The fourth-order valence-corrected chi connectivity index (χ4v) is 6.77. The van der Waals surface area contributed by atoms with Gasteiger partial charge in [-0.25, -0.2) is 0 Å². The molecule has 0 heterocycles. The lowest BCUT2D eigenvalue weighted by molar-refractivity contribution is -0.132. The molecular weight excluding hydrogens is 267 g/mol. The van der Waals surface area contributed by atoms with E-state index in [4.69, 9.17) is 18.5 Å². The van der Waals surface area contributed by atoms with Crippen LogP contribution in [-0.4, -0.2) is 39.7 Å². The summed E-state index contributed by atoms with van der Waals surface area (Å²) >= 11 is 0. The van der Waals surface area contributed by atoms with Gasteiger partial charge in [0.1, 0.15) is 8.07 Å². The Labute approximate surface area is 114 Å². The van der Waals surface area contributed by atoms with Crippen molar-refractivity contribution in [1.29, 1.82) is 0 Å². The second-order valence-electron chi connectivity index (χ2n) is 4.79. The number of hydrogen-bond donors (Lipinski definition) is 0. The first-order valence-corrected chi connectivity index (χ1v) is 11.4. The summed E-state index contributed by atoms with van der Waals surface area (Å²) in [4.78, 5) is 0. The summed E-state index contributed by atoms with van der Waals surface area (Å²) in [5.74, 6) is 0. The van der Waals surface area contributed by atoms with E-state index in [9.17, 15) is 0 Å².